The van der Waals surface area contributed by atoms with E-state index in [0.29, 0.717) is 29.0 Å². The number of aliphatic imine (C=N–C) groups is 1. The van der Waals surface area contributed by atoms with Crippen molar-refractivity contribution in [2.45, 2.75) is 26.4 Å². The zero-order chi connectivity index (χ0) is 18.3. The molecule has 3 N–H and O–H groups in total. The fourth-order valence-electron chi connectivity index (χ4n) is 2.93. The average Bonchev–Trinajstić information content (AvgIpc) is 3.21. The molecule has 0 radical (unpaired) electrons. The summed E-state index contributed by atoms with van der Waals surface area (Å²) < 4.78 is 14.4. The molecule has 1 amide bonds. The van der Waals surface area contributed by atoms with Gasteiger partial charge in [0.05, 0.1) is 23.2 Å². The lowest BCUT2D eigenvalue weighted by Gasteiger charge is -2.11. The van der Waals surface area contributed by atoms with Crippen LogP contribution in [0.2, 0.25) is 0 Å². The average molecular weight is 352 g/mol. The van der Waals surface area contributed by atoms with E-state index in [1.54, 1.807) is 18.5 Å². The van der Waals surface area contributed by atoms with Gasteiger partial charge in [-0.25, -0.2) is 14.4 Å². The molecule has 0 saturated heterocycles. The summed E-state index contributed by atoms with van der Waals surface area (Å²) in [5.41, 5.74) is 2.89. The van der Waals surface area contributed by atoms with Crippen LogP contribution in [0.3, 0.4) is 0 Å². The number of amides is 1. The number of carbonyl (C=O) groups is 1. The molecule has 3 aromatic rings. The van der Waals surface area contributed by atoms with Crippen molar-refractivity contribution in [3.63, 3.8) is 0 Å². The Balaban J connectivity index is 1.76. The van der Waals surface area contributed by atoms with Crippen molar-refractivity contribution in [3.8, 4) is 0 Å². The summed E-state index contributed by atoms with van der Waals surface area (Å²) in [5.74, 6) is -0.283. The quantitative estimate of drug-likeness (QED) is 0.673. The maximum atomic E-state index is 14.4. The number of nitrogens with one attached hydrogen (secondary N) is 3. The Labute approximate surface area is 148 Å². The summed E-state index contributed by atoms with van der Waals surface area (Å²) in [4.78, 5) is 27.9. The second kappa shape index (κ2) is 6.21. The van der Waals surface area contributed by atoms with E-state index in [-0.39, 0.29) is 17.6 Å². The number of benzene rings is 1. The molecule has 0 bridgehead atoms. The lowest BCUT2D eigenvalue weighted by Crippen LogP contribution is -2.30. The third-order valence-electron chi connectivity index (χ3n) is 4.11. The molecule has 0 atom stereocenters. The minimum Gasteiger partial charge on any atom is -0.350 e. The van der Waals surface area contributed by atoms with Gasteiger partial charge in [0.25, 0.3) is 5.91 Å². The van der Waals surface area contributed by atoms with Gasteiger partial charge in [-0.2, -0.15) is 0 Å². The van der Waals surface area contributed by atoms with E-state index in [1.165, 1.54) is 12.4 Å². The maximum Gasteiger partial charge on any atom is 0.253 e. The number of anilines is 2. The number of hydrogen-bond donors (Lipinski definition) is 3. The molecule has 0 aliphatic carbocycles. The van der Waals surface area contributed by atoms with Crippen LogP contribution < -0.4 is 10.6 Å². The Morgan fingerprint density at radius 3 is 2.96 bits per heavy atom. The van der Waals surface area contributed by atoms with Crippen molar-refractivity contribution in [3.05, 3.63) is 47.2 Å². The van der Waals surface area contributed by atoms with E-state index < -0.39 is 5.82 Å². The van der Waals surface area contributed by atoms with Crippen LogP contribution in [0.5, 0.6) is 0 Å². The first-order chi connectivity index (χ1) is 12.5. The van der Waals surface area contributed by atoms with Gasteiger partial charge in [0.2, 0.25) is 0 Å². The number of H-pyrrole nitrogens is 1. The first kappa shape index (κ1) is 16.2. The summed E-state index contributed by atoms with van der Waals surface area (Å²) in [7, 11) is 0. The highest BCUT2D eigenvalue weighted by Crippen LogP contribution is 2.29. The van der Waals surface area contributed by atoms with Gasteiger partial charge in [-0.05, 0) is 37.1 Å². The van der Waals surface area contributed by atoms with Crippen molar-refractivity contribution in [1.82, 2.24) is 20.3 Å². The maximum absolute atomic E-state index is 14.4. The fraction of sp³-hybridized carbons (Fsp3) is 0.222. The second-order valence-electron chi connectivity index (χ2n) is 6.40. The van der Waals surface area contributed by atoms with Crippen molar-refractivity contribution < 1.29 is 9.18 Å². The highest BCUT2D eigenvalue weighted by molar-refractivity contribution is 6.10. The predicted molar refractivity (Wildman–Crippen MR) is 97.5 cm³/mol. The van der Waals surface area contributed by atoms with E-state index in [4.69, 9.17) is 0 Å². The van der Waals surface area contributed by atoms with Gasteiger partial charge in [-0.15, -0.1) is 0 Å². The number of nitrogens with zero attached hydrogens (tertiary/aromatic N) is 3. The van der Waals surface area contributed by atoms with Gasteiger partial charge in [-0.3, -0.25) is 9.79 Å². The Kier molecular flexibility index (Phi) is 3.87. The number of rotatable bonds is 4. The topological polar surface area (TPSA) is 95.1 Å². The van der Waals surface area contributed by atoms with Crippen LogP contribution in [0.4, 0.5) is 15.9 Å². The van der Waals surface area contributed by atoms with Crippen LogP contribution in [0, 0.1) is 5.82 Å². The molecular formula is C18H17FN6O. The van der Waals surface area contributed by atoms with E-state index >= 15 is 0 Å². The number of carbonyl (C=O) groups excluding carboxylic acids is 1. The molecule has 26 heavy (non-hydrogen) atoms. The van der Waals surface area contributed by atoms with Crippen molar-refractivity contribution in [2.75, 3.05) is 5.32 Å². The molecule has 7 nitrogen and oxygen atoms in total. The van der Waals surface area contributed by atoms with Crippen molar-refractivity contribution >= 4 is 34.7 Å². The van der Waals surface area contributed by atoms with E-state index in [9.17, 15) is 9.18 Å². The Bertz CT molecular complexity index is 1040. The third kappa shape index (κ3) is 2.79. The molecule has 1 aliphatic heterocycles. The lowest BCUT2D eigenvalue weighted by atomic mass is 10.1. The molecule has 1 aliphatic rings. The molecule has 0 spiro atoms. The Morgan fingerprint density at radius 2 is 2.15 bits per heavy atom. The molecule has 8 heteroatoms. The van der Waals surface area contributed by atoms with Crippen LogP contribution in [0.1, 0.15) is 35.3 Å². The van der Waals surface area contributed by atoms with Crippen molar-refractivity contribution in [1.29, 1.82) is 0 Å². The van der Waals surface area contributed by atoms with Gasteiger partial charge >= 0.3 is 0 Å². The molecule has 0 unspecified atom stereocenters. The molecule has 0 saturated carbocycles. The van der Waals surface area contributed by atoms with E-state index in [0.717, 1.165) is 11.1 Å². The first-order valence-corrected chi connectivity index (χ1v) is 8.25. The zero-order valence-corrected chi connectivity index (χ0v) is 14.3. The summed E-state index contributed by atoms with van der Waals surface area (Å²) in [6.45, 7) is 4.25. The standard InChI is InChI=1S/C18H17FN6O/c1-9(2)24-18(26)12-7-21-16-15(12)17(23-8-22-16)25-14-4-11-6-20-5-10(11)3-13(14)19/h3-4,6-9H,5H2,1-2H3,(H,24,26)(H2,21,22,23,25). The Hall–Kier alpha value is -3.29. The number of halogens is 1. The van der Waals surface area contributed by atoms with Gasteiger partial charge in [0.15, 0.2) is 0 Å². The first-order valence-electron chi connectivity index (χ1n) is 8.25. The molecule has 1 aromatic carbocycles. The number of aromatic amines is 1. The summed E-state index contributed by atoms with van der Waals surface area (Å²) >= 11 is 0. The number of aromatic nitrogens is 3. The predicted octanol–water partition coefficient (Wildman–Crippen LogP) is 2.91. The minimum absolute atomic E-state index is 0.0121. The molecule has 132 valence electrons. The van der Waals surface area contributed by atoms with E-state index in [2.05, 4.69) is 30.6 Å². The van der Waals surface area contributed by atoms with Crippen LogP contribution in [0.25, 0.3) is 11.0 Å². The van der Waals surface area contributed by atoms with Crippen LogP contribution in [-0.4, -0.2) is 33.1 Å². The van der Waals surface area contributed by atoms with Crippen LogP contribution in [-0.2, 0) is 6.54 Å². The van der Waals surface area contributed by atoms with Gasteiger partial charge in [0.1, 0.15) is 23.6 Å². The monoisotopic (exact) mass is 352 g/mol. The van der Waals surface area contributed by atoms with E-state index in [1.807, 2.05) is 13.8 Å². The number of hydrogen-bond acceptors (Lipinski definition) is 5. The SMILES string of the molecule is CC(C)NC(=O)c1c[nH]c2ncnc(Nc3cc4c(cc3F)CN=C4)c12. The molecule has 0 fully saturated rings. The van der Waals surface area contributed by atoms with Crippen molar-refractivity contribution in [2.24, 2.45) is 4.99 Å². The Morgan fingerprint density at radius 1 is 1.31 bits per heavy atom. The molecular weight excluding hydrogens is 335 g/mol. The van der Waals surface area contributed by atoms with Gasteiger partial charge in [-0.1, -0.05) is 0 Å². The summed E-state index contributed by atoms with van der Waals surface area (Å²) in [6, 6.07) is 3.14. The summed E-state index contributed by atoms with van der Waals surface area (Å²) in [5, 5.41) is 6.34. The fourth-order valence-corrected chi connectivity index (χ4v) is 2.93. The second-order valence-corrected chi connectivity index (χ2v) is 6.40. The van der Waals surface area contributed by atoms with Gasteiger partial charge < -0.3 is 15.6 Å². The molecule has 2 aromatic heterocycles. The number of fused-ring (bicyclic) bond motifs is 2. The highest BCUT2D eigenvalue weighted by Gasteiger charge is 2.19. The van der Waals surface area contributed by atoms with Gasteiger partial charge in [0, 0.05) is 18.5 Å². The van der Waals surface area contributed by atoms with Crippen LogP contribution >= 0.6 is 0 Å². The molecule has 3 heterocycles. The zero-order valence-electron chi connectivity index (χ0n) is 14.3. The minimum atomic E-state index is -0.398. The normalized spacial score (nSPS) is 12.6. The largest absolute Gasteiger partial charge is 0.350 e. The molecule has 4 rings (SSSR count). The summed E-state index contributed by atoms with van der Waals surface area (Å²) in [6.07, 6.45) is 4.65. The third-order valence-corrected chi connectivity index (χ3v) is 4.11. The highest BCUT2D eigenvalue weighted by atomic mass is 19.1. The van der Waals surface area contributed by atoms with Crippen LogP contribution in [0.15, 0.2) is 29.6 Å². The lowest BCUT2D eigenvalue weighted by molar-refractivity contribution is 0.0945. The smallest absolute Gasteiger partial charge is 0.253 e.